The summed E-state index contributed by atoms with van der Waals surface area (Å²) in [4.78, 5) is 25.5. The zero-order chi connectivity index (χ0) is 20.3. The Bertz CT molecular complexity index is 1040. The quantitative estimate of drug-likeness (QED) is 0.461. The first-order valence-corrected chi connectivity index (χ1v) is 9.95. The summed E-state index contributed by atoms with van der Waals surface area (Å²) >= 11 is 19.1. The van der Waals surface area contributed by atoms with E-state index in [9.17, 15) is 14.7 Å². The summed E-state index contributed by atoms with van der Waals surface area (Å²) in [7, 11) is 0. The molecular formula is C19H13Cl3N2O3S. The monoisotopic (exact) mass is 454 g/mol. The molecule has 0 radical (unpaired) electrons. The van der Waals surface area contributed by atoms with Gasteiger partial charge < -0.3 is 15.7 Å². The number of halogens is 3. The third kappa shape index (κ3) is 4.66. The molecule has 3 aromatic rings. The third-order valence-electron chi connectivity index (χ3n) is 3.75. The van der Waals surface area contributed by atoms with Crippen molar-refractivity contribution in [1.82, 2.24) is 0 Å². The number of hydrogen-bond donors (Lipinski definition) is 3. The molecular weight excluding hydrogens is 443 g/mol. The van der Waals surface area contributed by atoms with Gasteiger partial charge in [0.2, 0.25) is 0 Å². The van der Waals surface area contributed by atoms with Gasteiger partial charge >= 0.3 is 0 Å². The van der Waals surface area contributed by atoms with Crippen LogP contribution in [0.4, 0.5) is 11.4 Å². The Labute approximate surface area is 179 Å². The molecule has 2 aromatic carbocycles. The first kappa shape index (κ1) is 20.6. The van der Waals surface area contributed by atoms with E-state index in [4.69, 9.17) is 34.8 Å². The molecule has 5 nitrogen and oxygen atoms in total. The smallest absolute Gasteiger partial charge is 0.267 e. The van der Waals surface area contributed by atoms with Crippen molar-refractivity contribution < 1.29 is 14.7 Å². The fourth-order valence-corrected chi connectivity index (χ4v) is 3.90. The minimum absolute atomic E-state index is 0.186. The van der Waals surface area contributed by atoms with E-state index in [1.165, 1.54) is 12.1 Å². The predicted molar refractivity (Wildman–Crippen MR) is 114 cm³/mol. The number of anilines is 2. The molecule has 0 bridgehead atoms. The van der Waals surface area contributed by atoms with Crippen LogP contribution < -0.4 is 10.6 Å². The lowest BCUT2D eigenvalue weighted by atomic mass is 10.1. The minimum atomic E-state index is -0.488. The van der Waals surface area contributed by atoms with Crippen molar-refractivity contribution in [3.05, 3.63) is 78.9 Å². The molecule has 1 aromatic heterocycles. The van der Waals surface area contributed by atoms with Crippen molar-refractivity contribution in [3.63, 3.8) is 0 Å². The van der Waals surface area contributed by atoms with Crippen molar-refractivity contribution in [2.24, 2.45) is 0 Å². The summed E-state index contributed by atoms with van der Waals surface area (Å²) in [5.74, 6) is -0.939. The number of carbonyl (C=O) groups is 2. The van der Waals surface area contributed by atoms with Gasteiger partial charge in [-0.05, 0) is 47.8 Å². The van der Waals surface area contributed by atoms with Crippen LogP contribution in [0.5, 0.6) is 0 Å². The maximum Gasteiger partial charge on any atom is 0.267 e. The van der Waals surface area contributed by atoms with E-state index in [1.54, 1.807) is 35.7 Å². The first-order chi connectivity index (χ1) is 13.4. The molecule has 0 saturated heterocycles. The SMILES string of the molecule is O=C(Nc1ccc(Cl)cc1)c1cc(Cl)ccc1NC(=O)c1scc(CO)c1Cl. The van der Waals surface area contributed by atoms with Crippen LogP contribution >= 0.6 is 46.1 Å². The number of nitrogens with one attached hydrogen (secondary N) is 2. The number of aliphatic hydroxyl groups is 1. The molecule has 0 aliphatic rings. The molecule has 0 aliphatic heterocycles. The number of amides is 2. The van der Waals surface area contributed by atoms with Gasteiger partial charge in [-0.2, -0.15) is 0 Å². The molecule has 0 aliphatic carbocycles. The maximum absolute atomic E-state index is 12.7. The van der Waals surface area contributed by atoms with Gasteiger partial charge in [0.15, 0.2) is 0 Å². The molecule has 2 amide bonds. The van der Waals surface area contributed by atoms with Crippen LogP contribution in [0.1, 0.15) is 25.6 Å². The van der Waals surface area contributed by atoms with Crippen molar-refractivity contribution in [1.29, 1.82) is 0 Å². The number of rotatable bonds is 5. The summed E-state index contributed by atoms with van der Waals surface area (Å²) in [6.07, 6.45) is 0. The molecule has 0 unspecified atom stereocenters. The first-order valence-electron chi connectivity index (χ1n) is 7.93. The molecule has 144 valence electrons. The van der Waals surface area contributed by atoms with Crippen LogP contribution in [0, 0.1) is 0 Å². The third-order valence-corrected chi connectivity index (χ3v) is 5.81. The Morgan fingerprint density at radius 2 is 1.61 bits per heavy atom. The zero-order valence-electron chi connectivity index (χ0n) is 14.1. The normalized spacial score (nSPS) is 10.6. The number of carbonyl (C=O) groups excluding carboxylic acids is 2. The minimum Gasteiger partial charge on any atom is -0.392 e. The van der Waals surface area contributed by atoms with E-state index in [1.807, 2.05) is 0 Å². The second-order valence-electron chi connectivity index (χ2n) is 5.67. The Hall–Kier alpha value is -2.09. The van der Waals surface area contributed by atoms with Crippen LogP contribution in [0.2, 0.25) is 15.1 Å². The standard InChI is InChI=1S/C19H13Cl3N2O3S/c20-11-1-4-13(5-2-11)23-18(26)14-7-12(21)3-6-15(14)24-19(27)17-16(22)10(8-25)9-28-17/h1-7,9,25H,8H2,(H,23,26)(H,24,27). The maximum atomic E-state index is 12.7. The van der Waals surface area contributed by atoms with Crippen LogP contribution in [0.15, 0.2) is 47.8 Å². The average Bonchev–Trinajstić information content (AvgIpc) is 3.05. The lowest BCUT2D eigenvalue weighted by molar-refractivity contribution is 0.102. The Morgan fingerprint density at radius 3 is 2.25 bits per heavy atom. The molecule has 0 saturated carbocycles. The summed E-state index contributed by atoms with van der Waals surface area (Å²) in [6.45, 7) is -0.266. The Kier molecular flexibility index (Phi) is 6.59. The molecule has 0 atom stereocenters. The van der Waals surface area contributed by atoms with E-state index < -0.39 is 11.8 Å². The van der Waals surface area contributed by atoms with E-state index in [0.29, 0.717) is 21.3 Å². The van der Waals surface area contributed by atoms with Gasteiger partial charge in [0, 0.05) is 21.3 Å². The molecule has 0 spiro atoms. The second kappa shape index (κ2) is 8.94. The Morgan fingerprint density at radius 1 is 0.929 bits per heavy atom. The largest absolute Gasteiger partial charge is 0.392 e. The van der Waals surface area contributed by atoms with E-state index >= 15 is 0 Å². The average molecular weight is 456 g/mol. The highest BCUT2D eigenvalue weighted by Crippen LogP contribution is 2.30. The van der Waals surface area contributed by atoms with Crippen LogP contribution in [-0.2, 0) is 6.61 Å². The van der Waals surface area contributed by atoms with Crippen molar-refractivity contribution in [2.45, 2.75) is 6.61 Å². The van der Waals surface area contributed by atoms with Gasteiger partial charge in [-0.3, -0.25) is 9.59 Å². The lowest BCUT2D eigenvalue weighted by Gasteiger charge is -2.12. The van der Waals surface area contributed by atoms with Gasteiger partial charge in [-0.1, -0.05) is 34.8 Å². The number of thiophene rings is 1. The van der Waals surface area contributed by atoms with E-state index in [0.717, 1.165) is 11.3 Å². The highest BCUT2D eigenvalue weighted by Gasteiger charge is 2.19. The van der Waals surface area contributed by atoms with Crippen LogP contribution in [0.3, 0.4) is 0 Å². The Balaban J connectivity index is 1.85. The number of hydrogen-bond acceptors (Lipinski definition) is 4. The fourth-order valence-electron chi connectivity index (χ4n) is 2.36. The summed E-state index contributed by atoms with van der Waals surface area (Å²) < 4.78 is 0. The van der Waals surface area contributed by atoms with Gasteiger partial charge in [-0.15, -0.1) is 11.3 Å². The van der Waals surface area contributed by atoms with Crippen molar-refractivity contribution in [3.8, 4) is 0 Å². The number of aliphatic hydroxyl groups excluding tert-OH is 1. The zero-order valence-corrected chi connectivity index (χ0v) is 17.2. The summed E-state index contributed by atoms with van der Waals surface area (Å²) in [6, 6.07) is 11.2. The van der Waals surface area contributed by atoms with Gasteiger partial charge in [0.25, 0.3) is 11.8 Å². The van der Waals surface area contributed by atoms with Gasteiger partial charge in [0.1, 0.15) is 4.88 Å². The molecule has 3 rings (SSSR count). The van der Waals surface area contributed by atoms with Crippen molar-refractivity contribution in [2.75, 3.05) is 10.6 Å². The second-order valence-corrected chi connectivity index (χ2v) is 7.80. The summed E-state index contributed by atoms with van der Waals surface area (Å²) in [5.41, 5.74) is 1.47. The molecule has 0 fully saturated rings. The highest BCUT2D eigenvalue weighted by molar-refractivity contribution is 7.13. The molecule has 28 heavy (non-hydrogen) atoms. The molecule has 1 heterocycles. The fraction of sp³-hybridized carbons (Fsp3) is 0.0526. The van der Waals surface area contributed by atoms with E-state index in [-0.39, 0.29) is 27.8 Å². The molecule has 9 heteroatoms. The lowest BCUT2D eigenvalue weighted by Crippen LogP contribution is -2.18. The topological polar surface area (TPSA) is 78.4 Å². The predicted octanol–water partition coefficient (Wildman–Crippen LogP) is 5.71. The van der Waals surface area contributed by atoms with Crippen LogP contribution in [-0.4, -0.2) is 16.9 Å². The van der Waals surface area contributed by atoms with Gasteiger partial charge in [-0.25, -0.2) is 0 Å². The van der Waals surface area contributed by atoms with Crippen molar-refractivity contribution >= 4 is 69.3 Å². The van der Waals surface area contributed by atoms with Crippen LogP contribution in [0.25, 0.3) is 0 Å². The number of benzene rings is 2. The summed E-state index contributed by atoms with van der Waals surface area (Å²) in [5, 5.41) is 17.3. The van der Waals surface area contributed by atoms with E-state index in [2.05, 4.69) is 10.6 Å². The van der Waals surface area contributed by atoms with Gasteiger partial charge in [0.05, 0.1) is 22.9 Å². The molecule has 3 N–H and O–H groups in total. The highest BCUT2D eigenvalue weighted by atomic mass is 35.5.